The number of nitrogens with one attached hydrogen (secondary N) is 1. The maximum absolute atomic E-state index is 12.0. The average molecular weight is 373 g/mol. The topological polar surface area (TPSA) is 89.9 Å². The summed E-state index contributed by atoms with van der Waals surface area (Å²) in [6.07, 6.45) is 1.65. The third-order valence-electron chi connectivity index (χ3n) is 4.84. The van der Waals surface area contributed by atoms with E-state index in [1.807, 2.05) is 36.4 Å². The lowest BCUT2D eigenvalue weighted by Crippen LogP contribution is -2.80. The number of aromatic nitrogens is 1. The Balaban J connectivity index is 1.53. The van der Waals surface area contributed by atoms with Crippen molar-refractivity contribution in [3.05, 3.63) is 94.4 Å². The molecule has 28 heavy (non-hydrogen) atoms. The Morgan fingerprint density at radius 3 is 2.39 bits per heavy atom. The molecule has 5 heteroatoms. The van der Waals surface area contributed by atoms with Gasteiger partial charge < -0.3 is 20.5 Å². The Hall–Kier alpha value is -3.57. The number of quaternary nitrogens is 1. The van der Waals surface area contributed by atoms with Gasteiger partial charge in [-0.1, -0.05) is 42.5 Å². The first-order valence-electron chi connectivity index (χ1n) is 9.14. The summed E-state index contributed by atoms with van der Waals surface area (Å²) in [6, 6.07) is 20.3. The van der Waals surface area contributed by atoms with Crippen molar-refractivity contribution in [2.45, 2.75) is 13.1 Å². The van der Waals surface area contributed by atoms with Gasteiger partial charge in [0.1, 0.15) is 24.6 Å². The molecular formula is C23H21N2O3+. The highest BCUT2D eigenvalue weighted by molar-refractivity contribution is 5.99. The van der Waals surface area contributed by atoms with Crippen LogP contribution in [0.5, 0.6) is 11.5 Å². The van der Waals surface area contributed by atoms with Gasteiger partial charge in [0.15, 0.2) is 0 Å². The Bertz CT molecular complexity index is 1180. The molecule has 0 saturated carbocycles. The van der Waals surface area contributed by atoms with Crippen molar-refractivity contribution in [2.75, 3.05) is 0 Å². The molecule has 3 aromatic carbocycles. The van der Waals surface area contributed by atoms with Crippen LogP contribution in [-0.4, -0.2) is 15.2 Å². The van der Waals surface area contributed by atoms with Crippen LogP contribution in [0.2, 0.25) is 0 Å². The third kappa shape index (κ3) is 3.61. The smallest absolute Gasteiger partial charge is 0.255 e. The third-order valence-corrected chi connectivity index (χ3v) is 4.84. The van der Waals surface area contributed by atoms with Crippen LogP contribution in [0.1, 0.15) is 11.1 Å². The predicted octanol–water partition coefficient (Wildman–Crippen LogP) is 2.87. The standard InChI is InChI=1S/C23H20N2O3/c26-18-4-1-3-16(11-18)13-24-12-15-7-9-17(10-8-15)20-14-25-23(28)19-5-2-6-21(27)22(19)20/h1-11,14,24,26-27H,12-13H2,(H,25,28)/p+1. The van der Waals surface area contributed by atoms with Gasteiger partial charge in [-0.2, -0.15) is 0 Å². The molecule has 0 aliphatic carbocycles. The van der Waals surface area contributed by atoms with Gasteiger partial charge in [0.2, 0.25) is 0 Å². The number of phenolic OH excluding ortho intramolecular Hbond substituents is 2. The fourth-order valence-corrected chi connectivity index (χ4v) is 3.44. The molecule has 140 valence electrons. The van der Waals surface area contributed by atoms with E-state index in [1.54, 1.807) is 36.5 Å². The highest BCUT2D eigenvalue weighted by Gasteiger charge is 2.11. The maximum atomic E-state index is 12.0. The molecule has 0 aliphatic heterocycles. The summed E-state index contributed by atoms with van der Waals surface area (Å²) in [6.45, 7) is 1.60. The number of pyridine rings is 1. The molecule has 0 unspecified atom stereocenters. The second kappa shape index (κ2) is 7.58. The van der Waals surface area contributed by atoms with E-state index in [0.29, 0.717) is 10.8 Å². The lowest BCUT2D eigenvalue weighted by molar-refractivity contribution is -0.686. The van der Waals surface area contributed by atoms with Crippen molar-refractivity contribution in [3.8, 4) is 22.6 Å². The van der Waals surface area contributed by atoms with Crippen molar-refractivity contribution in [2.24, 2.45) is 0 Å². The number of nitrogens with two attached hydrogens (primary N) is 1. The molecule has 4 rings (SSSR count). The molecule has 0 amide bonds. The van der Waals surface area contributed by atoms with E-state index < -0.39 is 0 Å². The van der Waals surface area contributed by atoms with Gasteiger partial charge in [0.25, 0.3) is 5.56 Å². The first-order valence-corrected chi connectivity index (χ1v) is 9.14. The molecule has 5 N–H and O–H groups in total. The van der Waals surface area contributed by atoms with Gasteiger partial charge in [-0.05, 0) is 29.8 Å². The summed E-state index contributed by atoms with van der Waals surface area (Å²) < 4.78 is 0. The first-order chi connectivity index (χ1) is 13.6. The Morgan fingerprint density at radius 1 is 0.857 bits per heavy atom. The van der Waals surface area contributed by atoms with Crippen LogP contribution in [0, 0.1) is 0 Å². The summed E-state index contributed by atoms with van der Waals surface area (Å²) in [5.41, 5.74) is 3.75. The number of aromatic hydroxyl groups is 2. The molecule has 0 saturated heterocycles. The number of benzene rings is 3. The fourth-order valence-electron chi connectivity index (χ4n) is 3.44. The lowest BCUT2D eigenvalue weighted by atomic mass is 9.99. The van der Waals surface area contributed by atoms with E-state index in [1.165, 1.54) is 5.56 Å². The van der Waals surface area contributed by atoms with E-state index in [9.17, 15) is 15.0 Å². The summed E-state index contributed by atoms with van der Waals surface area (Å²) in [7, 11) is 0. The van der Waals surface area contributed by atoms with Crippen LogP contribution in [-0.2, 0) is 13.1 Å². The van der Waals surface area contributed by atoms with Crippen molar-refractivity contribution in [1.29, 1.82) is 0 Å². The van der Waals surface area contributed by atoms with Gasteiger partial charge >= 0.3 is 0 Å². The highest BCUT2D eigenvalue weighted by atomic mass is 16.3. The van der Waals surface area contributed by atoms with Crippen molar-refractivity contribution in [3.63, 3.8) is 0 Å². The normalized spacial score (nSPS) is 11.0. The van der Waals surface area contributed by atoms with E-state index in [0.717, 1.165) is 29.8 Å². The largest absolute Gasteiger partial charge is 0.508 e. The number of H-pyrrole nitrogens is 1. The van der Waals surface area contributed by atoms with Crippen molar-refractivity contribution >= 4 is 10.8 Å². The number of hydrogen-bond donors (Lipinski definition) is 4. The fraction of sp³-hybridized carbons (Fsp3) is 0.0870. The van der Waals surface area contributed by atoms with Gasteiger partial charge in [0, 0.05) is 28.3 Å². The molecule has 0 radical (unpaired) electrons. The summed E-state index contributed by atoms with van der Waals surface area (Å²) in [5, 5.41) is 23.0. The number of hydrogen-bond acceptors (Lipinski definition) is 3. The summed E-state index contributed by atoms with van der Waals surface area (Å²) in [5.74, 6) is 0.383. The Kier molecular flexibility index (Phi) is 4.83. The molecule has 0 aliphatic rings. The Labute approximate surface area is 161 Å². The monoisotopic (exact) mass is 373 g/mol. The SMILES string of the molecule is O=c1[nH]cc(-c2ccc(C[NH2+]Cc3cccc(O)c3)cc2)c2c(O)cccc12. The summed E-state index contributed by atoms with van der Waals surface area (Å²) >= 11 is 0. The minimum atomic E-state index is -0.215. The van der Waals surface area contributed by atoms with E-state index in [4.69, 9.17) is 0 Å². The minimum Gasteiger partial charge on any atom is -0.508 e. The van der Waals surface area contributed by atoms with Gasteiger partial charge in [0.05, 0.1) is 5.39 Å². The van der Waals surface area contributed by atoms with Crippen LogP contribution in [0.15, 0.2) is 77.7 Å². The highest BCUT2D eigenvalue weighted by Crippen LogP contribution is 2.32. The number of aromatic amines is 1. The number of rotatable bonds is 5. The minimum absolute atomic E-state index is 0.0992. The van der Waals surface area contributed by atoms with Crippen molar-refractivity contribution in [1.82, 2.24) is 4.98 Å². The second-order valence-electron chi connectivity index (χ2n) is 6.79. The van der Waals surface area contributed by atoms with Crippen molar-refractivity contribution < 1.29 is 15.5 Å². The van der Waals surface area contributed by atoms with Crippen LogP contribution >= 0.6 is 0 Å². The number of phenols is 2. The number of fused-ring (bicyclic) bond motifs is 1. The molecule has 0 spiro atoms. The zero-order valence-corrected chi connectivity index (χ0v) is 15.2. The first kappa shape index (κ1) is 17.8. The quantitative estimate of drug-likeness (QED) is 0.434. The van der Waals surface area contributed by atoms with E-state index in [2.05, 4.69) is 10.3 Å². The molecule has 4 aromatic rings. The van der Waals surface area contributed by atoms with Crippen LogP contribution < -0.4 is 10.9 Å². The maximum Gasteiger partial charge on any atom is 0.255 e. The van der Waals surface area contributed by atoms with Gasteiger partial charge in [-0.15, -0.1) is 0 Å². The van der Waals surface area contributed by atoms with Crippen LogP contribution in [0.3, 0.4) is 0 Å². The molecular weight excluding hydrogens is 352 g/mol. The van der Waals surface area contributed by atoms with E-state index in [-0.39, 0.29) is 17.1 Å². The molecule has 0 fully saturated rings. The van der Waals surface area contributed by atoms with E-state index >= 15 is 0 Å². The Morgan fingerprint density at radius 2 is 1.61 bits per heavy atom. The molecule has 0 atom stereocenters. The lowest BCUT2D eigenvalue weighted by Gasteiger charge is -2.09. The zero-order chi connectivity index (χ0) is 19.5. The molecule has 1 heterocycles. The van der Waals surface area contributed by atoms with Gasteiger partial charge in [-0.3, -0.25) is 4.79 Å². The molecule has 1 aromatic heterocycles. The van der Waals surface area contributed by atoms with Crippen LogP contribution in [0.25, 0.3) is 21.9 Å². The average Bonchev–Trinajstić information content (AvgIpc) is 2.70. The van der Waals surface area contributed by atoms with Crippen LogP contribution in [0.4, 0.5) is 0 Å². The van der Waals surface area contributed by atoms with Gasteiger partial charge in [-0.25, -0.2) is 0 Å². The second-order valence-corrected chi connectivity index (χ2v) is 6.79. The zero-order valence-electron chi connectivity index (χ0n) is 15.2. The molecule has 5 nitrogen and oxygen atoms in total. The summed E-state index contributed by atoms with van der Waals surface area (Å²) in [4.78, 5) is 14.8. The predicted molar refractivity (Wildman–Crippen MR) is 109 cm³/mol. The molecule has 0 bridgehead atoms.